The van der Waals surface area contributed by atoms with Crippen LogP contribution in [-0.4, -0.2) is 34.0 Å². The van der Waals surface area contributed by atoms with E-state index in [1.165, 1.54) is 0 Å². The predicted molar refractivity (Wildman–Crippen MR) is 62.7 cm³/mol. The highest BCUT2D eigenvalue weighted by molar-refractivity contribution is 8.38. The van der Waals surface area contributed by atoms with Crippen molar-refractivity contribution in [3.05, 3.63) is 12.4 Å². The van der Waals surface area contributed by atoms with Gasteiger partial charge in [-0.1, -0.05) is 0 Å². The topological polar surface area (TPSA) is 47.4 Å². The molecule has 1 aromatic heterocycles. The zero-order chi connectivity index (χ0) is 10.4. The number of nitrogens with zero attached hydrogens (tertiary/aromatic N) is 3. The maximum Gasteiger partial charge on any atom is 0.259 e. The summed E-state index contributed by atoms with van der Waals surface area (Å²) < 4.78 is 5.97. The fraction of sp³-hybridized carbons (Fsp3) is 0.375. The van der Waals surface area contributed by atoms with Gasteiger partial charge in [-0.25, -0.2) is 15.0 Å². The smallest absolute Gasteiger partial charge is 0.259 e. The van der Waals surface area contributed by atoms with Crippen LogP contribution in [0.2, 0.25) is 0 Å². The lowest BCUT2D eigenvalue weighted by atomic mass is 10.6. The quantitative estimate of drug-likeness (QED) is 0.574. The molecule has 0 aliphatic heterocycles. The molecule has 0 spiro atoms. The van der Waals surface area contributed by atoms with Crippen LogP contribution in [0.15, 0.2) is 17.4 Å². The molecule has 1 heterocycles. The van der Waals surface area contributed by atoms with Gasteiger partial charge in [-0.2, -0.15) is 0 Å². The van der Waals surface area contributed by atoms with E-state index in [-0.39, 0.29) is 0 Å². The van der Waals surface area contributed by atoms with Gasteiger partial charge in [-0.05, 0) is 12.5 Å². The summed E-state index contributed by atoms with van der Waals surface area (Å²) in [6.07, 6.45) is 7.12. The van der Waals surface area contributed by atoms with E-state index in [2.05, 4.69) is 15.0 Å². The molecular weight excluding hydrogens is 218 g/mol. The molecule has 1 aromatic rings. The van der Waals surface area contributed by atoms with Gasteiger partial charge in [0.2, 0.25) is 5.82 Å². The number of aliphatic imine (C=N–C) groups is 1. The van der Waals surface area contributed by atoms with Crippen molar-refractivity contribution >= 4 is 33.7 Å². The average Bonchev–Trinajstić information content (AvgIpc) is 2.26. The van der Waals surface area contributed by atoms with Gasteiger partial charge >= 0.3 is 0 Å². The largest absolute Gasteiger partial charge is 0.478 e. The zero-order valence-corrected chi connectivity index (χ0v) is 9.85. The zero-order valence-electron chi connectivity index (χ0n) is 8.22. The van der Waals surface area contributed by atoms with Crippen molar-refractivity contribution in [3.8, 4) is 5.88 Å². The molecule has 0 bridgehead atoms. The fourth-order valence-corrected chi connectivity index (χ4v) is 1.82. The van der Waals surface area contributed by atoms with Crippen LogP contribution in [0, 0.1) is 0 Å². The van der Waals surface area contributed by atoms with Crippen LogP contribution in [0.25, 0.3) is 0 Å². The van der Waals surface area contributed by atoms with Crippen LogP contribution < -0.4 is 4.74 Å². The molecule has 76 valence electrons. The van der Waals surface area contributed by atoms with Gasteiger partial charge < -0.3 is 4.74 Å². The molecule has 0 fully saturated rings. The van der Waals surface area contributed by atoms with Gasteiger partial charge in [0.25, 0.3) is 5.88 Å². The molecule has 6 heteroatoms. The number of aromatic nitrogens is 2. The average molecular weight is 229 g/mol. The second-order valence-electron chi connectivity index (χ2n) is 2.18. The van der Waals surface area contributed by atoms with Crippen molar-refractivity contribution in [2.75, 3.05) is 19.6 Å². The number of ether oxygens (including phenoxy) is 1. The summed E-state index contributed by atoms with van der Waals surface area (Å²) in [4.78, 5) is 12.4. The van der Waals surface area contributed by atoms with Crippen LogP contribution in [-0.2, 0) is 0 Å². The van der Waals surface area contributed by atoms with E-state index in [0.29, 0.717) is 11.7 Å². The molecule has 0 N–H and O–H groups in total. The predicted octanol–water partition coefficient (Wildman–Crippen LogP) is 2.20. The van der Waals surface area contributed by atoms with Crippen molar-refractivity contribution < 1.29 is 4.74 Å². The molecule has 0 aliphatic rings. The molecule has 0 saturated heterocycles. The van der Waals surface area contributed by atoms with Crippen LogP contribution >= 0.6 is 23.5 Å². The number of methoxy groups -OCH3 is 1. The van der Waals surface area contributed by atoms with Crippen LogP contribution in [0.5, 0.6) is 5.88 Å². The number of rotatable bonds is 2. The normalized spacial score (nSPS) is 9.64. The van der Waals surface area contributed by atoms with E-state index in [0.717, 1.165) is 4.38 Å². The lowest BCUT2D eigenvalue weighted by Gasteiger charge is -2.02. The minimum Gasteiger partial charge on any atom is -0.478 e. The van der Waals surface area contributed by atoms with Gasteiger partial charge in [0, 0.05) is 12.4 Å². The van der Waals surface area contributed by atoms with E-state index in [1.807, 2.05) is 12.5 Å². The molecule has 1 rings (SSSR count). The third kappa shape index (κ3) is 2.88. The van der Waals surface area contributed by atoms with E-state index < -0.39 is 0 Å². The number of thioether (sulfide) groups is 2. The molecule has 0 unspecified atom stereocenters. The Kier molecular flexibility index (Phi) is 4.75. The molecule has 0 radical (unpaired) electrons. The molecule has 0 atom stereocenters. The molecule has 14 heavy (non-hydrogen) atoms. The SMILES string of the molecule is COc1nccnc1N=C(SC)SC. The van der Waals surface area contributed by atoms with E-state index in [9.17, 15) is 0 Å². The maximum atomic E-state index is 5.04. The van der Waals surface area contributed by atoms with Crippen LogP contribution in [0.4, 0.5) is 5.82 Å². The van der Waals surface area contributed by atoms with Crippen molar-refractivity contribution in [1.29, 1.82) is 0 Å². The second kappa shape index (κ2) is 5.87. The first-order valence-corrected chi connectivity index (χ1v) is 6.28. The van der Waals surface area contributed by atoms with Crippen molar-refractivity contribution in [2.45, 2.75) is 0 Å². The van der Waals surface area contributed by atoms with Crippen molar-refractivity contribution in [1.82, 2.24) is 9.97 Å². The highest BCUT2D eigenvalue weighted by Gasteiger charge is 2.04. The summed E-state index contributed by atoms with van der Waals surface area (Å²) in [5, 5.41) is 0. The summed E-state index contributed by atoms with van der Waals surface area (Å²) in [6, 6.07) is 0. The maximum absolute atomic E-state index is 5.04. The summed E-state index contributed by atoms with van der Waals surface area (Å²) in [5.41, 5.74) is 0. The van der Waals surface area contributed by atoms with Gasteiger partial charge in [0.05, 0.1) is 7.11 Å². The molecular formula is C8H11N3OS2. The lowest BCUT2D eigenvalue weighted by Crippen LogP contribution is -1.91. The fourth-order valence-electron chi connectivity index (χ4n) is 0.800. The Bertz CT molecular complexity index is 324. The Balaban J connectivity index is 3.00. The molecule has 0 aromatic carbocycles. The number of hydrogen-bond acceptors (Lipinski definition) is 6. The van der Waals surface area contributed by atoms with Crippen LogP contribution in [0.1, 0.15) is 0 Å². The first-order chi connectivity index (χ1) is 6.81. The van der Waals surface area contributed by atoms with Gasteiger partial charge in [-0.15, -0.1) is 23.5 Å². The third-order valence-electron chi connectivity index (χ3n) is 1.39. The summed E-state index contributed by atoms with van der Waals surface area (Å²) in [6.45, 7) is 0. The van der Waals surface area contributed by atoms with E-state index >= 15 is 0 Å². The summed E-state index contributed by atoms with van der Waals surface area (Å²) in [7, 11) is 1.56. The van der Waals surface area contributed by atoms with Gasteiger partial charge in [-0.3, -0.25) is 0 Å². The molecule has 0 saturated carbocycles. The highest BCUT2D eigenvalue weighted by Crippen LogP contribution is 2.24. The Hall–Kier alpha value is -0.750. The summed E-state index contributed by atoms with van der Waals surface area (Å²) >= 11 is 3.15. The molecule has 4 nitrogen and oxygen atoms in total. The Morgan fingerprint density at radius 1 is 1.29 bits per heavy atom. The first kappa shape index (κ1) is 11.3. The monoisotopic (exact) mass is 229 g/mol. The Morgan fingerprint density at radius 2 is 1.93 bits per heavy atom. The minimum absolute atomic E-state index is 0.452. The first-order valence-electron chi connectivity index (χ1n) is 3.83. The van der Waals surface area contributed by atoms with Gasteiger partial charge in [0.1, 0.15) is 4.38 Å². The Morgan fingerprint density at radius 3 is 2.50 bits per heavy atom. The minimum atomic E-state index is 0.452. The Labute approximate surface area is 91.6 Å². The van der Waals surface area contributed by atoms with Crippen LogP contribution in [0.3, 0.4) is 0 Å². The van der Waals surface area contributed by atoms with Crippen molar-refractivity contribution in [3.63, 3.8) is 0 Å². The molecule has 0 amide bonds. The number of hydrogen-bond donors (Lipinski definition) is 0. The standard InChI is InChI=1S/C8H11N3OS2/c1-12-7-6(9-4-5-10-7)11-8(13-2)14-3/h4-5H,1-3H3. The highest BCUT2D eigenvalue weighted by atomic mass is 32.2. The van der Waals surface area contributed by atoms with E-state index in [1.54, 1.807) is 43.0 Å². The van der Waals surface area contributed by atoms with Gasteiger partial charge in [0.15, 0.2) is 0 Å². The van der Waals surface area contributed by atoms with E-state index in [4.69, 9.17) is 4.74 Å². The molecule has 0 aliphatic carbocycles. The summed E-state index contributed by atoms with van der Waals surface area (Å²) in [5.74, 6) is 0.974. The lowest BCUT2D eigenvalue weighted by molar-refractivity contribution is 0.397. The van der Waals surface area contributed by atoms with Crippen molar-refractivity contribution in [2.24, 2.45) is 4.99 Å². The third-order valence-corrected chi connectivity index (χ3v) is 3.27. The second-order valence-corrected chi connectivity index (χ2v) is 4.02.